The molecule has 0 amide bonds. The third-order valence-corrected chi connectivity index (χ3v) is 12.9. The first-order chi connectivity index (χ1) is 29.3. The number of benzene rings is 9. The van der Waals surface area contributed by atoms with Crippen LogP contribution in [0.15, 0.2) is 188 Å². The quantitative estimate of drug-likeness (QED) is 0.170. The highest BCUT2D eigenvalue weighted by molar-refractivity contribution is 6.73. The molecule has 0 aliphatic carbocycles. The van der Waals surface area contributed by atoms with Crippen LogP contribution in [0.2, 0.25) is 0 Å². The summed E-state index contributed by atoms with van der Waals surface area (Å²) in [5.41, 5.74) is 22.8. The van der Waals surface area contributed by atoms with Crippen molar-refractivity contribution < 1.29 is 0 Å². The van der Waals surface area contributed by atoms with Gasteiger partial charge in [-0.25, -0.2) is 0 Å². The van der Waals surface area contributed by atoms with E-state index in [1.165, 1.54) is 100.0 Å². The van der Waals surface area contributed by atoms with Crippen LogP contribution in [0.1, 0.15) is 36.1 Å². The van der Waals surface area contributed by atoms with E-state index < -0.39 is 0 Å². The fourth-order valence-corrected chi connectivity index (χ4v) is 9.88. The lowest BCUT2D eigenvalue weighted by Crippen LogP contribution is -2.45. The molecule has 2 nitrogen and oxygen atoms in total. The Kier molecular flexibility index (Phi) is 8.42. The lowest BCUT2D eigenvalue weighted by atomic mass is 9.55. The van der Waals surface area contributed by atoms with Crippen LogP contribution in [0.25, 0.3) is 55.3 Å². The molecule has 9 aromatic rings. The standard InChI is InChI=1S/C57H44BN2/c1-36-16-13-17-37(2)54(36)44-32-47(46-31-43(39-20-9-6-10-21-39)28-29-51(46)59-45-25-14-24-40(30-45)38-18-7-5-8-19-38)55-53(35-44)60-52-34-42-23-12-11-22-41(42)33-49(52)57(3,4)48-26-15-27-50(58-55)56(48)60/h5-35,59H,1-4H3. The van der Waals surface area contributed by atoms with Crippen molar-refractivity contribution in [3.63, 3.8) is 0 Å². The molecule has 1 radical (unpaired) electrons. The molecule has 2 heterocycles. The van der Waals surface area contributed by atoms with Crippen molar-refractivity contribution in [1.82, 2.24) is 0 Å². The van der Waals surface area contributed by atoms with Crippen LogP contribution in [0, 0.1) is 13.8 Å². The molecule has 60 heavy (non-hydrogen) atoms. The highest BCUT2D eigenvalue weighted by Gasteiger charge is 2.41. The predicted molar refractivity (Wildman–Crippen MR) is 257 cm³/mol. The third kappa shape index (κ3) is 5.87. The fourth-order valence-electron chi connectivity index (χ4n) is 9.88. The van der Waals surface area contributed by atoms with Gasteiger partial charge in [-0.15, -0.1) is 0 Å². The van der Waals surface area contributed by atoms with Crippen molar-refractivity contribution >= 4 is 57.4 Å². The van der Waals surface area contributed by atoms with E-state index in [9.17, 15) is 0 Å². The van der Waals surface area contributed by atoms with Crippen molar-refractivity contribution in [2.75, 3.05) is 10.2 Å². The first-order valence-corrected chi connectivity index (χ1v) is 21.0. The molecule has 3 heteroatoms. The molecule has 9 aromatic carbocycles. The summed E-state index contributed by atoms with van der Waals surface area (Å²) in [6.07, 6.45) is 0. The van der Waals surface area contributed by atoms with E-state index in [4.69, 9.17) is 0 Å². The maximum absolute atomic E-state index is 3.93. The topological polar surface area (TPSA) is 15.3 Å². The van der Waals surface area contributed by atoms with Crippen molar-refractivity contribution in [3.05, 3.63) is 210 Å². The minimum absolute atomic E-state index is 0.199. The zero-order valence-corrected chi connectivity index (χ0v) is 34.4. The Balaban J connectivity index is 1.20. The molecule has 2 aliphatic rings. The smallest absolute Gasteiger partial charge is 0.197 e. The molecular weight excluding hydrogens is 723 g/mol. The number of para-hydroxylation sites is 1. The fraction of sp³-hybridized carbons (Fsp3) is 0.0877. The maximum Gasteiger partial charge on any atom is 0.197 e. The van der Waals surface area contributed by atoms with Crippen LogP contribution >= 0.6 is 0 Å². The summed E-state index contributed by atoms with van der Waals surface area (Å²) < 4.78 is 0. The Morgan fingerprint density at radius 2 is 1.08 bits per heavy atom. The Morgan fingerprint density at radius 1 is 0.467 bits per heavy atom. The molecule has 0 aromatic heterocycles. The number of hydrogen-bond donors (Lipinski definition) is 1. The van der Waals surface area contributed by atoms with Crippen LogP contribution < -0.4 is 21.1 Å². The Labute approximate surface area is 354 Å². The van der Waals surface area contributed by atoms with Gasteiger partial charge in [0.25, 0.3) is 0 Å². The van der Waals surface area contributed by atoms with Crippen molar-refractivity contribution in [1.29, 1.82) is 0 Å². The van der Waals surface area contributed by atoms with Crippen LogP contribution in [0.5, 0.6) is 0 Å². The van der Waals surface area contributed by atoms with Gasteiger partial charge < -0.3 is 10.2 Å². The molecule has 285 valence electrons. The van der Waals surface area contributed by atoms with E-state index in [1.54, 1.807) is 0 Å². The van der Waals surface area contributed by atoms with E-state index in [0.717, 1.165) is 16.9 Å². The van der Waals surface area contributed by atoms with Gasteiger partial charge in [0.05, 0.1) is 5.69 Å². The molecule has 0 atom stereocenters. The second-order valence-corrected chi connectivity index (χ2v) is 17.0. The maximum atomic E-state index is 3.93. The minimum atomic E-state index is -0.199. The molecule has 0 saturated heterocycles. The number of fused-ring (bicyclic) bond motifs is 5. The SMILES string of the molecule is Cc1cccc(C)c1-c1cc(-c2cc(-c3ccccc3)ccc2Nc2cccc(-c3ccccc3)c2)c2c(c1)N1c3cc4ccccc4cc3C(C)(C)c3cccc(c31)[B]2. The van der Waals surface area contributed by atoms with Crippen molar-refractivity contribution in [2.24, 2.45) is 0 Å². The van der Waals surface area contributed by atoms with Crippen molar-refractivity contribution in [3.8, 4) is 44.5 Å². The van der Waals surface area contributed by atoms with Crippen LogP contribution in [-0.2, 0) is 5.41 Å². The molecule has 0 unspecified atom stereocenters. The first-order valence-electron chi connectivity index (χ1n) is 21.0. The van der Waals surface area contributed by atoms with Gasteiger partial charge in [-0.2, -0.15) is 0 Å². The predicted octanol–water partition coefficient (Wildman–Crippen LogP) is 13.9. The summed E-state index contributed by atoms with van der Waals surface area (Å²) in [4.78, 5) is 2.59. The summed E-state index contributed by atoms with van der Waals surface area (Å²) >= 11 is 0. The number of nitrogens with zero attached hydrogens (tertiary/aromatic N) is 1. The lowest BCUT2D eigenvalue weighted by Gasteiger charge is -2.46. The summed E-state index contributed by atoms with van der Waals surface area (Å²) in [5, 5.41) is 6.44. The Morgan fingerprint density at radius 3 is 1.82 bits per heavy atom. The second-order valence-electron chi connectivity index (χ2n) is 17.0. The largest absolute Gasteiger partial charge is 0.355 e. The van der Waals surface area contributed by atoms with Gasteiger partial charge in [0.2, 0.25) is 0 Å². The number of hydrogen-bond acceptors (Lipinski definition) is 2. The molecule has 11 rings (SSSR count). The van der Waals surface area contributed by atoms with Gasteiger partial charge in [0.15, 0.2) is 7.28 Å². The number of rotatable bonds is 6. The molecule has 0 fully saturated rings. The summed E-state index contributed by atoms with van der Waals surface area (Å²) in [5.74, 6) is 0. The van der Waals surface area contributed by atoms with E-state index in [1.807, 2.05) is 0 Å². The Hall–Kier alpha value is -7.10. The summed E-state index contributed by atoms with van der Waals surface area (Å²) in [6, 6.07) is 69.2. The molecule has 0 spiro atoms. The van der Waals surface area contributed by atoms with Gasteiger partial charge in [-0.1, -0.05) is 159 Å². The molecule has 0 bridgehead atoms. The lowest BCUT2D eigenvalue weighted by molar-refractivity contribution is 0.633. The zero-order chi connectivity index (χ0) is 40.5. The van der Waals surface area contributed by atoms with Gasteiger partial charge in [-0.3, -0.25) is 0 Å². The molecule has 1 N–H and O–H groups in total. The third-order valence-electron chi connectivity index (χ3n) is 12.9. The number of nitrogens with one attached hydrogen (secondary N) is 1. The van der Waals surface area contributed by atoms with Gasteiger partial charge in [-0.05, 0) is 140 Å². The van der Waals surface area contributed by atoms with Gasteiger partial charge in [0, 0.05) is 33.7 Å². The highest BCUT2D eigenvalue weighted by atomic mass is 15.2. The minimum Gasteiger partial charge on any atom is -0.355 e. The average molecular weight is 768 g/mol. The van der Waals surface area contributed by atoms with E-state index in [-0.39, 0.29) is 5.41 Å². The van der Waals surface area contributed by atoms with Crippen LogP contribution in [0.3, 0.4) is 0 Å². The average Bonchev–Trinajstić information content (AvgIpc) is 3.28. The normalized spacial score (nSPS) is 13.2. The van der Waals surface area contributed by atoms with E-state index >= 15 is 0 Å². The Bertz CT molecular complexity index is 3130. The molecule has 0 saturated carbocycles. The molecular formula is C57H44BN2. The molecule has 2 aliphatic heterocycles. The first kappa shape index (κ1) is 36.0. The van der Waals surface area contributed by atoms with E-state index in [0.29, 0.717) is 0 Å². The zero-order valence-electron chi connectivity index (χ0n) is 34.4. The summed E-state index contributed by atoms with van der Waals surface area (Å²) in [7, 11) is 2.45. The number of anilines is 5. The van der Waals surface area contributed by atoms with Gasteiger partial charge in [0.1, 0.15) is 0 Å². The highest BCUT2D eigenvalue weighted by Crippen LogP contribution is 2.54. The summed E-state index contributed by atoms with van der Waals surface area (Å²) in [6.45, 7) is 9.27. The second kappa shape index (κ2) is 14.0. The van der Waals surface area contributed by atoms with Crippen LogP contribution in [-0.4, -0.2) is 7.28 Å². The monoisotopic (exact) mass is 767 g/mol. The van der Waals surface area contributed by atoms with Crippen molar-refractivity contribution in [2.45, 2.75) is 33.1 Å². The number of aryl methyl sites for hydroxylation is 2. The van der Waals surface area contributed by atoms with Crippen LogP contribution in [0.4, 0.5) is 28.4 Å². The van der Waals surface area contributed by atoms with Gasteiger partial charge >= 0.3 is 0 Å². The van der Waals surface area contributed by atoms with E-state index in [2.05, 4.69) is 233 Å².